The van der Waals surface area contributed by atoms with Crippen molar-refractivity contribution in [2.45, 2.75) is 38.5 Å². The zero-order chi connectivity index (χ0) is 19.8. The van der Waals surface area contributed by atoms with Crippen molar-refractivity contribution in [3.8, 4) is 0 Å². The van der Waals surface area contributed by atoms with E-state index < -0.39 is 10.0 Å². The number of sulfonamides is 1. The summed E-state index contributed by atoms with van der Waals surface area (Å²) in [4.78, 5) is 14.9. The van der Waals surface area contributed by atoms with Crippen LogP contribution in [0.3, 0.4) is 0 Å². The van der Waals surface area contributed by atoms with Crippen molar-refractivity contribution in [1.29, 1.82) is 0 Å². The predicted molar refractivity (Wildman–Crippen MR) is 101 cm³/mol. The summed E-state index contributed by atoms with van der Waals surface area (Å²) in [5.74, 6) is 0.477. The summed E-state index contributed by atoms with van der Waals surface area (Å²) in [6.45, 7) is 8.77. The molecule has 1 aliphatic rings. The van der Waals surface area contributed by atoms with Crippen molar-refractivity contribution in [3.05, 3.63) is 46.8 Å². The van der Waals surface area contributed by atoms with Crippen LogP contribution < -0.4 is 0 Å². The number of hydrogen-bond donors (Lipinski definition) is 0. The van der Waals surface area contributed by atoms with Gasteiger partial charge in [-0.25, -0.2) is 8.42 Å². The predicted octanol–water partition coefficient (Wildman–Crippen LogP) is 2.56. The molecule has 0 saturated carbocycles. The molecule has 0 unspecified atom stereocenters. The van der Waals surface area contributed by atoms with Crippen LogP contribution in [0.5, 0.6) is 0 Å². The molecule has 2 aromatic rings. The molecule has 0 aliphatic carbocycles. The first-order valence-corrected chi connectivity index (χ1v) is 10.5. The topological polar surface area (TPSA) is 83.7 Å². The summed E-state index contributed by atoms with van der Waals surface area (Å²) in [5, 5.41) is 3.93. The van der Waals surface area contributed by atoms with Gasteiger partial charge in [0.1, 0.15) is 5.56 Å². The standard InChI is InChI=1S/C19H25N3O4S/c1-13(2)18-17(15(4)20-26-18)19(23)21-9-11-22(12-10-21)27(24,25)16-7-5-14(3)6-8-16/h5-8,13H,9-12H2,1-4H3. The Morgan fingerprint density at radius 1 is 1.07 bits per heavy atom. The quantitative estimate of drug-likeness (QED) is 0.800. The number of carbonyl (C=O) groups excluding carboxylic acids is 1. The van der Waals surface area contributed by atoms with Gasteiger partial charge >= 0.3 is 0 Å². The fourth-order valence-corrected chi connectivity index (χ4v) is 4.61. The largest absolute Gasteiger partial charge is 0.360 e. The zero-order valence-electron chi connectivity index (χ0n) is 16.1. The molecule has 146 valence electrons. The van der Waals surface area contributed by atoms with Crippen molar-refractivity contribution < 1.29 is 17.7 Å². The van der Waals surface area contributed by atoms with E-state index >= 15 is 0 Å². The highest BCUT2D eigenvalue weighted by atomic mass is 32.2. The lowest BCUT2D eigenvalue weighted by molar-refractivity contribution is 0.0694. The van der Waals surface area contributed by atoms with Gasteiger partial charge in [-0.2, -0.15) is 4.31 Å². The molecule has 8 heteroatoms. The third-order valence-electron chi connectivity index (χ3n) is 4.81. The van der Waals surface area contributed by atoms with Crippen molar-refractivity contribution in [2.24, 2.45) is 0 Å². The first-order chi connectivity index (χ1) is 12.7. The third-order valence-corrected chi connectivity index (χ3v) is 6.72. The second kappa shape index (κ2) is 7.44. The molecule has 0 spiro atoms. The Hall–Kier alpha value is -2.19. The lowest BCUT2D eigenvalue weighted by atomic mass is 10.0. The van der Waals surface area contributed by atoms with E-state index in [2.05, 4.69) is 5.16 Å². The van der Waals surface area contributed by atoms with Gasteiger partial charge in [-0.05, 0) is 26.0 Å². The van der Waals surface area contributed by atoms with Gasteiger partial charge in [0.25, 0.3) is 5.91 Å². The monoisotopic (exact) mass is 391 g/mol. The summed E-state index contributed by atoms with van der Waals surface area (Å²) >= 11 is 0. The van der Waals surface area contributed by atoms with E-state index in [1.807, 2.05) is 20.8 Å². The van der Waals surface area contributed by atoms with Crippen molar-refractivity contribution in [1.82, 2.24) is 14.4 Å². The van der Waals surface area contributed by atoms with E-state index in [9.17, 15) is 13.2 Å². The molecule has 0 N–H and O–H groups in total. The second-order valence-corrected chi connectivity index (χ2v) is 9.11. The summed E-state index contributed by atoms with van der Waals surface area (Å²) in [6, 6.07) is 6.82. The van der Waals surface area contributed by atoms with Crippen molar-refractivity contribution in [3.63, 3.8) is 0 Å². The molecule has 0 bridgehead atoms. The number of aromatic nitrogens is 1. The minimum Gasteiger partial charge on any atom is -0.360 e. The number of nitrogens with zero attached hydrogens (tertiary/aromatic N) is 3. The Morgan fingerprint density at radius 3 is 2.22 bits per heavy atom. The van der Waals surface area contributed by atoms with E-state index in [1.165, 1.54) is 4.31 Å². The maximum Gasteiger partial charge on any atom is 0.259 e. The summed E-state index contributed by atoms with van der Waals surface area (Å²) in [7, 11) is -3.55. The van der Waals surface area contributed by atoms with E-state index in [1.54, 1.807) is 36.1 Å². The van der Waals surface area contributed by atoms with Crippen LogP contribution >= 0.6 is 0 Å². The number of amides is 1. The van der Waals surface area contributed by atoms with E-state index in [0.29, 0.717) is 30.1 Å². The summed E-state index contributed by atoms with van der Waals surface area (Å²) in [5.41, 5.74) is 2.08. The average Bonchev–Trinajstić information content (AvgIpc) is 3.03. The van der Waals surface area contributed by atoms with Crippen LogP contribution in [-0.2, 0) is 10.0 Å². The minimum atomic E-state index is -3.55. The molecule has 0 radical (unpaired) electrons. The van der Waals surface area contributed by atoms with Crippen molar-refractivity contribution in [2.75, 3.05) is 26.2 Å². The average molecular weight is 391 g/mol. The van der Waals surface area contributed by atoms with Gasteiger partial charge in [-0.1, -0.05) is 36.7 Å². The Labute approximate surface area is 160 Å². The van der Waals surface area contributed by atoms with Crippen LogP contribution in [0.15, 0.2) is 33.7 Å². The van der Waals surface area contributed by atoms with Gasteiger partial charge in [0.2, 0.25) is 10.0 Å². The van der Waals surface area contributed by atoms with E-state index in [-0.39, 0.29) is 29.8 Å². The van der Waals surface area contributed by atoms with Crippen LogP contribution in [0.25, 0.3) is 0 Å². The number of aryl methyl sites for hydroxylation is 2. The van der Waals surface area contributed by atoms with Gasteiger partial charge < -0.3 is 9.42 Å². The second-order valence-electron chi connectivity index (χ2n) is 7.17. The molecule has 1 amide bonds. The fraction of sp³-hybridized carbons (Fsp3) is 0.474. The van der Waals surface area contributed by atoms with Gasteiger partial charge in [0, 0.05) is 32.1 Å². The first kappa shape index (κ1) is 19.6. The molecule has 1 aliphatic heterocycles. The molecule has 1 aromatic heterocycles. The lowest BCUT2D eigenvalue weighted by Gasteiger charge is -2.34. The van der Waals surface area contributed by atoms with E-state index in [4.69, 9.17) is 4.52 Å². The third kappa shape index (κ3) is 3.77. The fourth-order valence-electron chi connectivity index (χ4n) is 3.19. The number of rotatable bonds is 4. The van der Waals surface area contributed by atoms with Gasteiger partial charge in [0.05, 0.1) is 10.6 Å². The first-order valence-electron chi connectivity index (χ1n) is 9.04. The minimum absolute atomic E-state index is 0.0494. The van der Waals surface area contributed by atoms with Crippen LogP contribution in [-0.4, -0.2) is 54.9 Å². The molecule has 1 saturated heterocycles. The highest BCUT2D eigenvalue weighted by molar-refractivity contribution is 7.89. The molecular formula is C19H25N3O4S. The molecular weight excluding hydrogens is 366 g/mol. The van der Waals surface area contributed by atoms with Gasteiger partial charge in [-0.15, -0.1) is 0 Å². The summed E-state index contributed by atoms with van der Waals surface area (Å²) in [6.07, 6.45) is 0. The van der Waals surface area contributed by atoms with Crippen LogP contribution in [0, 0.1) is 13.8 Å². The maximum absolute atomic E-state index is 12.9. The van der Waals surface area contributed by atoms with Crippen LogP contribution in [0.2, 0.25) is 0 Å². The molecule has 1 aromatic carbocycles. The molecule has 27 heavy (non-hydrogen) atoms. The smallest absolute Gasteiger partial charge is 0.259 e. The normalized spacial score (nSPS) is 16.1. The van der Waals surface area contributed by atoms with E-state index in [0.717, 1.165) is 5.56 Å². The highest BCUT2D eigenvalue weighted by Crippen LogP contribution is 2.25. The van der Waals surface area contributed by atoms with Gasteiger partial charge in [0.15, 0.2) is 5.76 Å². The number of hydrogen-bond acceptors (Lipinski definition) is 5. The highest BCUT2D eigenvalue weighted by Gasteiger charge is 2.33. The Bertz CT molecular complexity index is 924. The Balaban J connectivity index is 1.73. The molecule has 7 nitrogen and oxygen atoms in total. The summed E-state index contributed by atoms with van der Waals surface area (Å²) < 4.78 is 32.3. The van der Waals surface area contributed by atoms with Crippen molar-refractivity contribution >= 4 is 15.9 Å². The molecule has 1 fully saturated rings. The van der Waals surface area contributed by atoms with Crippen LogP contribution in [0.4, 0.5) is 0 Å². The zero-order valence-corrected chi connectivity index (χ0v) is 16.9. The Morgan fingerprint density at radius 2 is 1.67 bits per heavy atom. The molecule has 3 rings (SSSR count). The molecule has 2 heterocycles. The molecule has 0 atom stereocenters. The number of piperazine rings is 1. The van der Waals surface area contributed by atoms with Crippen LogP contribution in [0.1, 0.15) is 47.1 Å². The number of carbonyl (C=O) groups is 1. The lowest BCUT2D eigenvalue weighted by Crippen LogP contribution is -2.50. The Kier molecular flexibility index (Phi) is 5.39. The van der Waals surface area contributed by atoms with Gasteiger partial charge in [-0.3, -0.25) is 4.79 Å². The SMILES string of the molecule is Cc1ccc(S(=O)(=O)N2CCN(C(=O)c3c(C)noc3C(C)C)CC2)cc1. The number of benzene rings is 1. The maximum atomic E-state index is 12.9.